The fraction of sp³-hybridized carbons (Fsp3) is 0.214. The predicted molar refractivity (Wildman–Crippen MR) is 137 cm³/mol. The van der Waals surface area contributed by atoms with Crippen molar-refractivity contribution < 1.29 is 18.0 Å². The molecule has 190 valence electrons. The van der Waals surface area contributed by atoms with Gasteiger partial charge in [-0.15, -0.1) is 0 Å². The molecule has 0 radical (unpaired) electrons. The van der Waals surface area contributed by atoms with Crippen LogP contribution in [0.2, 0.25) is 5.02 Å². The first kappa shape index (κ1) is 24.9. The van der Waals surface area contributed by atoms with E-state index in [4.69, 9.17) is 11.6 Å². The summed E-state index contributed by atoms with van der Waals surface area (Å²) < 4.78 is 42.8. The first-order chi connectivity index (χ1) is 17.8. The maximum atomic E-state index is 14.0. The van der Waals surface area contributed by atoms with Crippen LogP contribution in [0.5, 0.6) is 0 Å². The maximum absolute atomic E-state index is 14.0. The topological polar surface area (TPSA) is 59.0 Å². The highest BCUT2D eigenvalue weighted by molar-refractivity contribution is 6.30. The van der Waals surface area contributed by atoms with Gasteiger partial charge in [-0.25, -0.2) is 4.68 Å². The van der Waals surface area contributed by atoms with Crippen LogP contribution in [0, 0.1) is 0 Å². The van der Waals surface area contributed by atoms with Crippen molar-refractivity contribution in [2.75, 3.05) is 11.9 Å². The molecule has 0 fully saturated rings. The lowest BCUT2D eigenvalue weighted by Gasteiger charge is -2.34. The molecule has 2 heterocycles. The highest BCUT2D eigenvalue weighted by Crippen LogP contribution is 2.44. The molecule has 5 nitrogen and oxygen atoms in total. The third-order valence-corrected chi connectivity index (χ3v) is 6.88. The number of hydrogen-bond donors (Lipinski definition) is 2. The Balaban J connectivity index is 1.42. The SMILES string of the molecule is O=C(NCC(c1ccccc1)c1ccc(Cl)cc1)c1cnn2c1NC(c1ccccc1)CC2C(F)(F)F. The molecule has 0 aliphatic carbocycles. The molecule has 1 amide bonds. The van der Waals surface area contributed by atoms with Crippen molar-refractivity contribution in [3.8, 4) is 0 Å². The van der Waals surface area contributed by atoms with E-state index in [1.54, 1.807) is 42.5 Å². The largest absolute Gasteiger partial charge is 0.410 e. The summed E-state index contributed by atoms with van der Waals surface area (Å²) in [5.41, 5.74) is 2.72. The molecule has 5 rings (SSSR count). The zero-order valence-corrected chi connectivity index (χ0v) is 20.4. The number of carbonyl (C=O) groups excluding carboxylic acids is 1. The van der Waals surface area contributed by atoms with E-state index in [1.165, 1.54) is 6.20 Å². The number of nitrogens with one attached hydrogen (secondary N) is 2. The minimum absolute atomic E-state index is 0.0580. The molecule has 4 aromatic rings. The Morgan fingerprint density at radius 1 is 1.00 bits per heavy atom. The van der Waals surface area contributed by atoms with Crippen molar-refractivity contribution in [2.45, 2.75) is 30.6 Å². The second-order valence-electron chi connectivity index (χ2n) is 8.98. The molecule has 2 N–H and O–H groups in total. The molecular formula is C28H24ClF3N4O. The number of fused-ring (bicyclic) bond motifs is 1. The zero-order valence-electron chi connectivity index (χ0n) is 19.6. The normalized spacial score (nSPS) is 17.9. The lowest BCUT2D eigenvalue weighted by Crippen LogP contribution is -2.36. The zero-order chi connectivity index (χ0) is 26.0. The van der Waals surface area contributed by atoms with Gasteiger partial charge in [0.25, 0.3) is 5.91 Å². The van der Waals surface area contributed by atoms with Crippen molar-refractivity contribution in [3.63, 3.8) is 0 Å². The van der Waals surface area contributed by atoms with Crippen LogP contribution >= 0.6 is 11.6 Å². The number of amides is 1. The van der Waals surface area contributed by atoms with E-state index in [-0.39, 0.29) is 30.3 Å². The van der Waals surface area contributed by atoms with Crippen LogP contribution in [0.25, 0.3) is 0 Å². The van der Waals surface area contributed by atoms with E-state index in [9.17, 15) is 18.0 Å². The Labute approximate surface area is 217 Å². The average molecular weight is 525 g/mol. The molecule has 1 aromatic heterocycles. The molecule has 0 spiro atoms. The van der Waals surface area contributed by atoms with Gasteiger partial charge in [-0.3, -0.25) is 4.79 Å². The summed E-state index contributed by atoms with van der Waals surface area (Å²) in [5.74, 6) is -0.622. The fourth-order valence-electron chi connectivity index (χ4n) is 4.73. The minimum atomic E-state index is -4.52. The van der Waals surface area contributed by atoms with Gasteiger partial charge < -0.3 is 10.6 Å². The molecule has 3 atom stereocenters. The van der Waals surface area contributed by atoms with Crippen molar-refractivity contribution in [2.24, 2.45) is 0 Å². The van der Waals surface area contributed by atoms with Crippen LogP contribution in [0.4, 0.5) is 19.0 Å². The lowest BCUT2D eigenvalue weighted by molar-refractivity contribution is -0.173. The van der Waals surface area contributed by atoms with Gasteiger partial charge in [0.15, 0.2) is 6.04 Å². The quantitative estimate of drug-likeness (QED) is 0.293. The van der Waals surface area contributed by atoms with Gasteiger partial charge in [0.05, 0.1) is 12.2 Å². The number of nitrogens with zero attached hydrogens (tertiary/aromatic N) is 2. The van der Waals surface area contributed by atoms with Crippen molar-refractivity contribution >= 4 is 23.3 Å². The lowest BCUT2D eigenvalue weighted by atomic mass is 9.91. The van der Waals surface area contributed by atoms with E-state index in [0.717, 1.165) is 15.8 Å². The summed E-state index contributed by atoms with van der Waals surface area (Å²) >= 11 is 6.06. The van der Waals surface area contributed by atoms with Crippen molar-refractivity contribution in [3.05, 3.63) is 118 Å². The van der Waals surface area contributed by atoms with Gasteiger partial charge in [0, 0.05) is 23.9 Å². The molecule has 3 unspecified atom stereocenters. The molecule has 1 aliphatic heterocycles. The van der Waals surface area contributed by atoms with Gasteiger partial charge in [-0.05, 0) is 28.8 Å². The van der Waals surface area contributed by atoms with Crippen LogP contribution in [0.3, 0.4) is 0 Å². The number of halogens is 4. The summed E-state index contributed by atoms with van der Waals surface area (Å²) in [6.07, 6.45) is -3.55. The number of carbonyl (C=O) groups is 1. The van der Waals surface area contributed by atoms with Crippen LogP contribution in [0.1, 0.15) is 51.5 Å². The van der Waals surface area contributed by atoms with Crippen LogP contribution in [-0.4, -0.2) is 28.4 Å². The standard InChI is InChI=1S/C28H24ClF3N4O/c29-21-13-11-19(12-14-21)22(18-7-3-1-4-8-18)16-33-27(37)23-17-34-36-25(28(30,31)32)15-24(35-26(23)36)20-9-5-2-6-10-20/h1-14,17,22,24-25,35H,15-16H2,(H,33,37). The molecular weight excluding hydrogens is 501 g/mol. The first-order valence-corrected chi connectivity index (χ1v) is 12.2. The number of aromatic nitrogens is 2. The number of hydrogen-bond acceptors (Lipinski definition) is 3. The van der Waals surface area contributed by atoms with Gasteiger partial charge in [0.2, 0.25) is 0 Å². The van der Waals surface area contributed by atoms with E-state index in [2.05, 4.69) is 15.7 Å². The summed E-state index contributed by atoms with van der Waals surface area (Å²) in [5, 5.41) is 10.6. The van der Waals surface area contributed by atoms with Gasteiger partial charge in [0.1, 0.15) is 11.4 Å². The molecule has 3 aromatic carbocycles. The number of alkyl halides is 3. The Morgan fingerprint density at radius 2 is 1.62 bits per heavy atom. The van der Waals surface area contributed by atoms with E-state index < -0.39 is 24.2 Å². The summed E-state index contributed by atoms with van der Waals surface area (Å²) in [6, 6.07) is 23.5. The van der Waals surface area contributed by atoms with Gasteiger partial charge >= 0.3 is 6.18 Å². The summed E-state index contributed by atoms with van der Waals surface area (Å²) in [4.78, 5) is 13.3. The number of benzene rings is 3. The number of anilines is 1. The first-order valence-electron chi connectivity index (χ1n) is 11.9. The van der Waals surface area contributed by atoms with E-state index in [1.807, 2.05) is 42.5 Å². The molecule has 9 heteroatoms. The average Bonchev–Trinajstić information content (AvgIpc) is 3.34. The third kappa shape index (κ3) is 5.34. The molecule has 37 heavy (non-hydrogen) atoms. The van der Waals surface area contributed by atoms with Gasteiger partial charge in [-0.2, -0.15) is 18.3 Å². The highest BCUT2D eigenvalue weighted by Gasteiger charge is 2.47. The Morgan fingerprint density at radius 3 is 2.27 bits per heavy atom. The Bertz CT molecular complexity index is 1360. The monoisotopic (exact) mass is 524 g/mol. The maximum Gasteiger partial charge on any atom is 0.410 e. The smallest absolute Gasteiger partial charge is 0.363 e. The summed E-state index contributed by atoms with van der Waals surface area (Å²) in [6.45, 7) is 0.236. The van der Waals surface area contributed by atoms with Gasteiger partial charge in [-0.1, -0.05) is 84.4 Å². The molecule has 0 saturated carbocycles. The van der Waals surface area contributed by atoms with Crippen LogP contribution in [-0.2, 0) is 0 Å². The van der Waals surface area contributed by atoms with Crippen molar-refractivity contribution in [1.82, 2.24) is 15.1 Å². The predicted octanol–water partition coefficient (Wildman–Crippen LogP) is 6.76. The van der Waals surface area contributed by atoms with Crippen LogP contribution < -0.4 is 10.6 Å². The fourth-order valence-corrected chi connectivity index (χ4v) is 4.86. The molecule has 0 bridgehead atoms. The Kier molecular flexibility index (Phi) is 6.93. The molecule has 0 saturated heterocycles. The highest BCUT2D eigenvalue weighted by atomic mass is 35.5. The minimum Gasteiger partial charge on any atom is -0.363 e. The van der Waals surface area contributed by atoms with Crippen LogP contribution in [0.15, 0.2) is 91.1 Å². The number of rotatable bonds is 6. The second-order valence-corrected chi connectivity index (χ2v) is 9.41. The van der Waals surface area contributed by atoms with Crippen molar-refractivity contribution in [1.29, 1.82) is 0 Å². The third-order valence-electron chi connectivity index (χ3n) is 6.63. The van der Waals surface area contributed by atoms with E-state index in [0.29, 0.717) is 10.6 Å². The summed E-state index contributed by atoms with van der Waals surface area (Å²) in [7, 11) is 0. The molecule has 1 aliphatic rings. The Hall–Kier alpha value is -3.78. The van der Waals surface area contributed by atoms with E-state index >= 15 is 0 Å². The second kappa shape index (κ2) is 10.3.